The first-order valence-electron chi connectivity index (χ1n) is 6.19. The summed E-state index contributed by atoms with van der Waals surface area (Å²) >= 11 is 0. The summed E-state index contributed by atoms with van der Waals surface area (Å²) in [7, 11) is 3.89. The van der Waals surface area contributed by atoms with Crippen molar-refractivity contribution in [3.8, 4) is 0 Å². The van der Waals surface area contributed by atoms with Gasteiger partial charge in [-0.05, 0) is 37.3 Å². The average molecular weight is 258 g/mol. The lowest BCUT2D eigenvalue weighted by atomic mass is 10.1. The molecule has 2 rings (SSSR count). The van der Waals surface area contributed by atoms with Crippen LogP contribution in [0.4, 0.5) is 5.69 Å². The summed E-state index contributed by atoms with van der Waals surface area (Å²) in [6, 6.07) is 11.0. The van der Waals surface area contributed by atoms with Crippen LogP contribution in [-0.2, 0) is 0 Å². The second-order valence-electron chi connectivity index (χ2n) is 4.66. The topological polar surface area (TPSA) is 45.5 Å². The summed E-state index contributed by atoms with van der Waals surface area (Å²) in [5.74, 6) is 0.643. The molecule has 2 aromatic rings. The van der Waals surface area contributed by atoms with Gasteiger partial charge in [-0.15, -0.1) is 0 Å². The Kier molecular flexibility index (Phi) is 3.90. The molecule has 0 radical (unpaired) electrons. The lowest BCUT2D eigenvalue weighted by Gasteiger charge is -2.15. The molecule has 0 saturated carbocycles. The number of benzene rings is 1. The van der Waals surface area contributed by atoms with Gasteiger partial charge in [0.15, 0.2) is 0 Å². The first-order chi connectivity index (χ1) is 9.08. The number of nitrogens with one attached hydrogen (secondary N) is 1. The van der Waals surface area contributed by atoms with Gasteiger partial charge >= 0.3 is 0 Å². The minimum absolute atomic E-state index is 0.104. The fourth-order valence-corrected chi connectivity index (χ4v) is 1.81. The van der Waals surface area contributed by atoms with E-state index in [1.165, 1.54) is 0 Å². The van der Waals surface area contributed by atoms with E-state index in [9.17, 15) is 4.79 Å². The Hall–Kier alpha value is -2.23. The highest BCUT2D eigenvalue weighted by Gasteiger charge is 2.13. The zero-order valence-electron chi connectivity index (χ0n) is 11.4. The van der Waals surface area contributed by atoms with Gasteiger partial charge in [-0.2, -0.15) is 0 Å². The van der Waals surface area contributed by atoms with E-state index in [0.717, 1.165) is 11.4 Å². The number of rotatable bonds is 4. The maximum absolute atomic E-state index is 12.2. The van der Waals surface area contributed by atoms with Crippen molar-refractivity contribution in [3.05, 3.63) is 54.0 Å². The second-order valence-corrected chi connectivity index (χ2v) is 4.66. The van der Waals surface area contributed by atoms with E-state index in [-0.39, 0.29) is 11.9 Å². The standard InChI is InChI=1S/C15H18N2O2/c1-11(14-8-5-9-19-14)16-15(18)12-6-4-7-13(10-12)17(2)3/h4-11H,1-3H3,(H,16,18)/t11-/m1/s1. The summed E-state index contributed by atoms with van der Waals surface area (Å²) in [6.07, 6.45) is 1.60. The fourth-order valence-electron chi connectivity index (χ4n) is 1.81. The molecule has 0 aliphatic heterocycles. The van der Waals surface area contributed by atoms with E-state index in [0.29, 0.717) is 5.56 Å². The molecular formula is C15H18N2O2. The van der Waals surface area contributed by atoms with Crippen LogP contribution in [0.15, 0.2) is 47.1 Å². The molecule has 1 aromatic heterocycles. The van der Waals surface area contributed by atoms with Crippen molar-refractivity contribution in [3.63, 3.8) is 0 Å². The molecule has 1 aromatic carbocycles. The molecule has 19 heavy (non-hydrogen) atoms. The normalized spacial score (nSPS) is 11.9. The van der Waals surface area contributed by atoms with E-state index in [4.69, 9.17) is 4.42 Å². The lowest BCUT2D eigenvalue weighted by molar-refractivity contribution is 0.0935. The Morgan fingerprint density at radius 1 is 1.26 bits per heavy atom. The minimum atomic E-state index is -0.148. The number of amides is 1. The number of carbonyl (C=O) groups excluding carboxylic acids is 1. The van der Waals surface area contributed by atoms with Gasteiger partial charge in [0.05, 0.1) is 12.3 Å². The van der Waals surface area contributed by atoms with Gasteiger partial charge in [-0.1, -0.05) is 6.07 Å². The summed E-state index contributed by atoms with van der Waals surface area (Å²) in [5.41, 5.74) is 1.64. The zero-order chi connectivity index (χ0) is 13.8. The molecule has 0 aliphatic rings. The number of furan rings is 1. The Balaban J connectivity index is 2.10. The first-order valence-corrected chi connectivity index (χ1v) is 6.19. The molecule has 0 bridgehead atoms. The highest BCUT2D eigenvalue weighted by atomic mass is 16.3. The second kappa shape index (κ2) is 5.61. The van der Waals surface area contributed by atoms with Gasteiger partial charge < -0.3 is 14.6 Å². The molecule has 4 heteroatoms. The third-order valence-corrected chi connectivity index (χ3v) is 2.94. The van der Waals surface area contributed by atoms with Crippen molar-refractivity contribution in [2.45, 2.75) is 13.0 Å². The third kappa shape index (κ3) is 3.16. The molecule has 0 unspecified atom stereocenters. The first kappa shape index (κ1) is 13.2. The number of hydrogen-bond donors (Lipinski definition) is 1. The van der Waals surface area contributed by atoms with Crippen molar-refractivity contribution in [2.24, 2.45) is 0 Å². The smallest absolute Gasteiger partial charge is 0.251 e. The zero-order valence-corrected chi connectivity index (χ0v) is 11.4. The molecule has 1 heterocycles. The molecule has 0 spiro atoms. The fraction of sp³-hybridized carbons (Fsp3) is 0.267. The van der Waals surface area contributed by atoms with Crippen molar-refractivity contribution >= 4 is 11.6 Å². The maximum atomic E-state index is 12.2. The van der Waals surface area contributed by atoms with Crippen molar-refractivity contribution in [1.82, 2.24) is 5.32 Å². The lowest BCUT2D eigenvalue weighted by Crippen LogP contribution is -2.26. The third-order valence-electron chi connectivity index (χ3n) is 2.94. The molecule has 4 nitrogen and oxygen atoms in total. The van der Waals surface area contributed by atoms with Gasteiger partial charge in [-0.25, -0.2) is 0 Å². The Labute approximate surface area is 113 Å². The van der Waals surface area contributed by atoms with Gasteiger partial charge in [0.2, 0.25) is 0 Å². The summed E-state index contributed by atoms with van der Waals surface area (Å²) < 4.78 is 5.27. The molecule has 1 atom stereocenters. The van der Waals surface area contributed by atoms with E-state index < -0.39 is 0 Å². The van der Waals surface area contributed by atoms with Gasteiger partial charge in [-0.3, -0.25) is 4.79 Å². The molecule has 1 N–H and O–H groups in total. The molecule has 100 valence electrons. The van der Waals surface area contributed by atoms with E-state index in [1.807, 2.05) is 56.3 Å². The Morgan fingerprint density at radius 3 is 2.68 bits per heavy atom. The van der Waals surface area contributed by atoms with Crippen LogP contribution in [0.1, 0.15) is 29.1 Å². The largest absolute Gasteiger partial charge is 0.467 e. The van der Waals surface area contributed by atoms with E-state index >= 15 is 0 Å². The molecule has 0 aliphatic carbocycles. The summed E-state index contributed by atoms with van der Waals surface area (Å²) in [5, 5.41) is 2.91. The monoisotopic (exact) mass is 258 g/mol. The van der Waals surface area contributed by atoms with Gasteiger partial charge in [0, 0.05) is 25.3 Å². The summed E-state index contributed by atoms with van der Waals surface area (Å²) in [6.45, 7) is 1.90. The molecule has 0 saturated heterocycles. The average Bonchev–Trinajstić information content (AvgIpc) is 2.92. The van der Waals surface area contributed by atoms with Crippen LogP contribution in [0.2, 0.25) is 0 Å². The SMILES string of the molecule is C[C@@H](NC(=O)c1cccc(N(C)C)c1)c1ccco1. The van der Waals surface area contributed by atoms with Crippen molar-refractivity contribution in [1.29, 1.82) is 0 Å². The quantitative estimate of drug-likeness (QED) is 0.917. The van der Waals surface area contributed by atoms with Crippen LogP contribution in [0, 0.1) is 0 Å². The van der Waals surface area contributed by atoms with Crippen LogP contribution in [-0.4, -0.2) is 20.0 Å². The summed E-state index contributed by atoms with van der Waals surface area (Å²) in [4.78, 5) is 14.1. The van der Waals surface area contributed by atoms with E-state index in [2.05, 4.69) is 5.32 Å². The highest BCUT2D eigenvalue weighted by Crippen LogP contribution is 2.16. The predicted molar refractivity (Wildman–Crippen MR) is 75.4 cm³/mol. The van der Waals surface area contributed by atoms with Crippen LogP contribution in [0.25, 0.3) is 0 Å². The highest BCUT2D eigenvalue weighted by molar-refractivity contribution is 5.95. The van der Waals surface area contributed by atoms with Crippen molar-refractivity contribution in [2.75, 3.05) is 19.0 Å². The predicted octanol–water partition coefficient (Wildman–Crippen LogP) is 2.84. The van der Waals surface area contributed by atoms with Gasteiger partial charge in [0.25, 0.3) is 5.91 Å². The van der Waals surface area contributed by atoms with Crippen LogP contribution in [0.5, 0.6) is 0 Å². The van der Waals surface area contributed by atoms with Crippen molar-refractivity contribution < 1.29 is 9.21 Å². The van der Waals surface area contributed by atoms with Crippen LogP contribution < -0.4 is 10.2 Å². The van der Waals surface area contributed by atoms with E-state index in [1.54, 1.807) is 12.3 Å². The number of nitrogens with zero attached hydrogens (tertiary/aromatic N) is 1. The molecule has 1 amide bonds. The van der Waals surface area contributed by atoms with Crippen LogP contribution >= 0.6 is 0 Å². The van der Waals surface area contributed by atoms with Gasteiger partial charge in [0.1, 0.15) is 5.76 Å². The minimum Gasteiger partial charge on any atom is -0.467 e. The number of hydrogen-bond acceptors (Lipinski definition) is 3. The Morgan fingerprint density at radius 2 is 2.05 bits per heavy atom. The number of anilines is 1. The number of carbonyl (C=O) groups is 1. The maximum Gasteiger partial charge on any atom is 0.251 e. The van der Waals surface area contributed by atoms with Crippen LogP contribution in [0.3, 0.4) is 0 Å². The molecule has 0 fully saturated rings. The Bertz CT molecular complexity index is 547. The molecular weight excluding hydrogens is 240 g/mol.